The van der Waals surface area contributed by atoms with E-state index >= 15 is 0 Å². The van der Waals surface area contributed by atoms with Crippen LogP contribution in [0.2, 0.25) is 0 Å². The van der Waals surface area contributed by atoms with Crippen LogP contribution in [0.3, 0.4) is 0 Å². The van der Waals surface area contributed by atoms with Crippen LogP contribution in [-0.4, -0.2) is 21.3 Å². The van der Waals surface area contributed by atoms with Crippen LogP contribution in [0.1, 0.15) is 49.6 Å². The maximum atomic E-state index is 9.39. The number of phenols is 1. The lowest BCUT2D eigenvalue weighted by Crippen LogP contribution is -2.28. The van der Waals surface area contributed by atoms with E-state index in [1.54, 1.807) is 36.0 Å². The summed E-state index contributed by atoms with van der Waals surface area (Å²) in [5.41, 5.74) is 5.77. The maximum absolute atomic E-state index is 9.39. The van der Waals surface area contributed by atoms with Gasteiger partial charge in [0.2, 0.25) is 0 Å². The summed E-state index contributed by atoms with van der Waals surface area (Å²) in [6, 6.07) is 6.93. The highest BCUT2D eigenvalue weighted by atomic mass is 32.1. The number of phenolic OH excluding ortho intramolecular Hbond substituents is 1. The highest BCUT2D eigenvalue weighted by Crippen LogP contribution is 2.45. The molecule has 1 aromatic carbocycles. The standard InChI is InChI=1S/C22H26N4OS/c1-4-22(2,3)15-7-10-18-17(11-15)19-20(23-13-24-21(19)28-18)26-25-12-14-5-8-16(27)9-6-14/h5-6,8-9,12-13,15,27H,4,7,10-11H2,1-3H3,(H,23,24,26)/b25-12-. The third-order valence-electron chi connectivity index (χ3n) is 6.13. The molecule has 1 aliphatic carbocycles. The van der Waals surface area contributed by atoms with Crippen molar-refractivity contribution in [1.29, 1.82) is 0 Å². The van der Waals surface area contributed by atoms with Crippen molar-refractivity contribution in [3.63, 3.8) is 0 Å². The van der Waals surface area contributed by atoms with Crippen LogP contribution >= 0.6 is 11.3 Å². The average Bonchev–Trinajstić information content (AvgIpc) is 3.08. The second kappa shape index (κ2) is 7.51. The van der Waals surface area contributed by atoms with Gasteiger partial charge in [-0.1, -0.05) is 27.2 Å². The van der Waals surface area contributed by atoms with Crippen LogP contribution in [0.25, 0.3) is 10.2 Å². The summed E-state index contributed by atoms with van der Waals surface area (Å²) in [5.74, 6) is 1.70. The van der Waals surface area contributed by atoms with Crippen LogP contribution in [-0.2, 0) is 12.8 Å². The molecular weight excluding hydrogens is 368 g/mol. The van der Waals surface area contributed by atoms with Crippen molar-refractivity contribution in [2.75, 3.05) is 5.43 Å². The van der Waals surface area contributed by atoms with Gasteiger partial charge in [0.15, 0.2) is 5.82 Å². The molecule has 0 radical (unpaired) electrons. The number of hydrogen-bond donors (Lipinski definition) is 2. The summed E-state index contributed by atoms with van der Waals surface area (Å²) >= 11 is 1.79. The molecule has 146 valence electrons. The van der Waals surface area contributed by atoms with E-state index < -0.39 is 0 Å². The average molecular weight is 395 g/mol. The molecule has 2 N–H and O–H groups in total. The summed E-state index contributed by atoms with van der Waals surface area (Å²) in [7, 11) is 0. The fraction of sp³-hybridized carbons (Fsp3) is 0.409. The number of thiophene rings is 1. The van der Waals surface area contributed by atoms with Crippen molar-refractivity contribution in [3.05, 3.63) is 46.6 Å². The number of aryl methyl sites for hydroxylation is 1. The first-order valence-electron chi connectivity index (χ1n) is 9.81. The van der Waals surface area contributed by atoms with E-state index in [0.717, 1.165) is 34.4 Å². The quantitative estimate of drug-likeness (QED) is 0.450. The third-order valence-corrected chi connectivity index (χ3v) is 7.33. The molecule has 4 rings (SSSR count). The molecule has 5 nitrogen and oxygen atoms in total. The molecule has 6 heteroatoms. The predicted molar refractivity (Wildman–Crippen MR) is 116 cm³/mol. The molecule has 2 heterocycles. The van der Waals surface area contributed by atoms with E-state index in [1.807, 2.05) is 12.1 Å². The highest BCUT2D eigenvalue weighted by Gasteiger charge is 2.33. The van der Waals surface area contributed by atoms with Gasteiger partial charge in [0.25, 0.3) is 0 Å². The minimum absolute atomic E-state index is 0.247. The Morgan fingerprint density at radius 2 is 2.07 bits per heavy atom. The Morgan fingerprint density at radius 3 is 2.82 bits per heavy atom. The first kappa shape index (κ1) is 18.9. The van der Waals surface area contributed by atoms with Gasteiger partial charge in [-0.25, -0.2) is 9.97 Å². The number of aromatic hydroxyl groups is 1. The summed E-state index contributed by atoms with van der Waals surface area (Å²) in [5, 5.41) is 14.9. The van der Waals surface area contributed by atoms with Gasteiger partial charge in [-0.15, -0.1) is 11.3 Å². The fourth-order valence-electron chi connectivity index (χ4n) is 3.88. The topological polar surface area (TPSA) is 70.4 Å². The Morgan fingerprint density at radius 1 is 1.29 bits per heavy atom. The van der Waals surface area contributed by atoms with E-state index in [4.69, 9.17) is 0 Å². The molecule has 0 fully saturated rings. The number of nitrogens with one attached hydrogen (secondary N) is 1. The van der Waals surface area contributed by atoms with Crippen molar-refractivity contribution in [2.45, 2.75) is 46.5 Å². The van der Waals surface area contributed by atoms with E-state index in [2.05, 4.69) is 41.3 Å². The van der Waals surface area contributed by atoms with Gasteiger partial charge < -0.3 is 5.11 Å². The fourth-order valence-corrected chi connectivity index (χ4v) is 5.06. The first-order chi connectivity index (χ1) is 13.5. The highest BCUT2D eigenvalue weighted by molar-refractivity contribution is 7.19. The Balaban J connectivity index is 1.63. The van der Waals surface area contributed by atoms with Crippen molar-refractivity contribution in [1.82, 2.24) is 9.97 Å². The monoisotopic (exact) mass is 394 g/mol. The molecule has 0 saturated carbocycles. The Hall–Kier alpha value is -2.47. The summed E-state index contributed by atoms with van der Waals surface area (Å²) in [6.45, 7) is 7.05. The van der Waals surface area contributed by atoms with Crippen LogP contribution in [0.5, 0.6) is 5.75 Å². The summed E-state index contributed by atoms with van der Waals surface area (Å²) in [4.78, 5) is 11.5. The van der Waals surface area contributed by atoms with Crippen LogP contribution in [0.15, 0.2) is 35.7 Å². The van der Waals surface area contributed by atoms with Gasteiger partial charge in [0, 0.05) is 4.88 Å². The Kier molecular flexibility index (Phi) is 5.06. The molecular formula is C22H26N4OS. The molecule has 1 unspecified atom stereocenters. The number of hydrogen-bond acceptors (Lipinski definition) is 6. The lowest BCUT2D eigenvalue weighted by molar-refractivity contribution is 0.184. The van der Waals surface area contributed by atoms with E-state index in [0.29, 0.717) is 11.3 Å². The first-order valence-corrected chi connectivity index (χ1v) is 10.6. The van der Waals surface area contributed by atoms with Crippen molar-refractivity contribution in [2.24, 2.45) is 16.4 Å². The van der Waals surface area contributed by atoms with Gasteiger partial charge in [-0.2, -0.15) is 5.10 Å². The van der Waals surface area contributed by atoms with Gasteiger partial charge in [0.05, 0.1) is 11.6 Å². The van der Waals surface area contributed by atoms with Gasteiger partial charge in [0.1, 0.15) is 16.9 Å². The molecule has 0 saturated heterocycles. The van der Waals surface area contributed by atoms with E-state index in [1.165, 1.54) is 23.3 Å². The molecule has 0 bridgehead atoms. The van der Waals surface area contributed by atoms with Gasteiger partial charge >= 0.3 is 0 Å². The molecule has 2 aromatic heterocycles. The largest absolute Gasteiger partial charge is 0.508 e. The SMILES string of the molecule is CCC(C)(C)C1CCc2sc3ncnc(N/N=C\c4ccc(O)cc4)c3c2C1. The predicted octanol–water partition coefficient (Wildman–Crippen LogP) is 5.38. The van der Waals surface area contributed by atoms with E-state index in [-0.39, 0.29) is 5.75 Å². The molecule has 1 aliphatic rings. The summed E-state index contributed by atoms with van der Waals surface area (Å²) < 4.78 is 0. The Bertz CT molecular complexity index is 1010. The minimum atomic E-state index is 0.247. The number of nitrogens with zero attached hydrogens (tertiary/aromatic N) is 3. The van der Waals surface area contributed by atoms with Crippen LogP contribution in [0, 0.1) is 11.3 Å². The zero-order valence-corrected chi connectivity index (χ0v) is 17.4. The van der Waals surface area contributed by atoms with Crippen molar-refractivity contribution in [3.8, 4) is 5.75 Å². The number of hydrazone groups is 1. The lowest BCUT2D eigenvalue weighted by atomic mass is 9.69. The molecule has 0 amide bonds. The summed E-state index contributed by atoms with van der Waals surface area (Å²) in [6.07, 6.45) is 7.98. The second-order valence-electron chi connectivity index (χ2n) is 8.15. The van der Waals surface area contributed by atoms with Crippen LogP contribution in [0.4, 0.5) is 5.82 Å². The third kappa shape index (κ3) is 3.61. The molecule has 28 heavy (non-hydrogen) atoms. The number of anilines is 1. The van der Waals surface area contributed by atoms with Crippen molar-refractivity contribution < 1.29 is 5.11 Å². The number of fused-ring (bicyclic) bond motifs is 3. The zero-order valence-electron chi connectivity index (χ0n) is 16.6. The normalized spacial score (nSPS) is 17.2. The van der Waals surface area contributed by atoms with E-state index in [9.17, 15) is 5.11 Å². The smallest absolute Gasteiger partial charge is 0.158 e. The zero-order chi connectivity index (χ0) is 19.7. The van der Waals surface area contributed by atoms with Crippen LogP contribution < -0.4 is 5.43 Å². The number of rotatable bonds is 5. The number of aromatic nitrogens is 2. The van der Waals surface area contributed by atoms with Gasteiger partial charge in [-0.3, -0.25) is 5.43 Å². The lowest BCUT2D eigenvalue weighted by Gasteiger charge is -2.36. The van der Waals surface area contributed by atoms with Gasteiger partial charge in [-0.05, 0) is 66.0 Å². The molecule has 3 aromatic rings. The minimum Gasteiger partial charge on any atom is -0.508 e. The molecule has 0 spiro atoms. The number of benzene rings is 1. The van der Waals surface area contributed by atoms with Crippen molar-refractivity contribution >= 4 is 33.6 Å². The molecule has 0 aliphatic heterocycles. The molecule has 1 atom stereocenters. The maximum Gasteiger partial charge on any atom is 0.158 e. The Labute approximate surface area is 169 Å². The second-order valence-corrected chi connectivity index (χ2v) is 9.23.